The molecule has 0 aromatic heterocycles. The molecule has 3 rings (SSSR count). The van der Waals surface area contributed by atoms with E-state index in [2.05, 4.69) is 5.32 Å². The van der Waals surface area contributed by atoms with Gasteiger partial charge < -0.3 is 10.1 Å². The molecule has 0 aliphatic carbocycles. The Bertz CT molecular complexity index is 1010. The molecule has 0 saturated heterocycles. The summed E-state index contributed by atoms with van der Waals surface area (Å²) in [6, 6.07) is 21.7. The number of ether oxygens (including phenoxy) is 1. The van der Waals surface area contributed by atoms with Gasteiger partial charge in [0.05, 0.1) is 15.6 Å². The van der Waals surface area contributed by atoms with Gasteiger partial charge >= 0.3 is 5.97 Å². The van der Waals surface area contributed by atoms with Crippen molar-refractivity contribution in [2.75, 3.05) is 5.32 Å². The predicted molar refractivity (Wildman–Crippen MR) is 112 cm³/mol. The first-order chi connectivity index (χ1) is 13.5. The zero-order valence-electron chi connectivity index (χ0n) is 15.0. The molecule has 3 aromatic carbocycles. The number of amides is 1. The van der Waals surface area contributed by atoms with Crippen molar-refractivity contribution < 1.29 is 14.3 Å². The summed E-state index contributed by atoms with van der Waals surface area (Å²) in [5, 5.41) is 3.15. The molecular formula is C22H17Cl2NO3. The Labute approximate surface area is 173 Å². The van der Waals surface area contributed by atoms with E-state index in [1.54, 1.807) is 18.2 Å². The van der Waals surface area contributed by atoms with E-state index in [-0.39, 0.29) is 15.6 Å². The average molecular weight is 414 g/mol. The zero-order chi connectivity index (χ0) is 20.1. The van der Waals surface area contributed by atoms with Crippen LogP contribution in [0.1, 0.15) is 17.3 Å². The minimum absolute atomic E-state index is 0.0937. The van der Waals surface area contributed by atoms with Gasteiger partial charge in [-0.1, -0.05) is 77.8 Å². The van der Waals surface area contributed by atoms with Crippen LogP contribution in [0.5, 0.6) is 0 Å². The smallest absolute Gasteiger partial charge is 0.340 e. The van der Waals surface area contributed by atoms with Gasteiger partial charge in [0.15, 0.2) is 6.10 Å². The highest BCUT2D eigenvalue weighted by molar-refractivity contribution is 6.43. The van der Waals surface area contributed by atoms with Crippen LogP contribution in [0.15, 0.2) is 72.8 Å². The zero-order valence-corrected chi connectivity index (χ0v) is 16.5. The molecular weight excluding hydrogens is 397 g/mol. The van der Waals surface area contributed by atoms with E-state index in [1.807, 2.05) is 48.5 Å². The van der Waals surface area contributed by atoms with E-state index in [0.29, 0.717) is 5.69 Å². The van der Waals surface area contributed by atoms with E-state index >= 15 is 0 Å². The maximum absolute atomic E-state index is 12.6. The van der Waals surface area contributed by atoms with Gasteiger partial charge in [0.2, 0.25) is 0 Å². The lowest BCUT2D eigenvalue weighted by molar-refractivity contribution is -0.123. The van der Waals surface area contributed by atoms with Crippen molar-refractivity contribution in [2.24, 2.45) is 0 Å². The second kappa shape index (κ2) is 8.91. The Morgan fingerprint density at radius 1 is 0.893 bits per heavy atom. The molecule has 0 unspecified atom stereocenters. The number of hydrogen-bond acceptors (Lipinski definition) is 3. The molecule has 0 radical (unpaired) electrons. The third-order valence-electron chi connectivity index (χ3n) is 4.09. The number of carbonyl (C=O) groups excluding carboxylic acids is 2. The topological polar surface area (TPSA) is 55.4 Å². The van der Waals surface area contributed by atoms with Crippen LogP contribution >= 0.6 is 23.2 Å². The summed E-state index contributed by atoms with van der Waals surface area (Å²) in [4.78, 5) is 24.9. The molecule has 0 fully saturated rings. The highest BCUT2D eigenvalue weighted by Gasteiger charge is 2.22. The summed E-state index contributed by atoms with van der Waals surface area (Å²) in [5.41, 5.74) is 2.57. The van der Waals surface area contributed by atoms with Crippen molar-refractivity contribution in [2.45, 2.75) is 13.0 Å². The van der Waals surface area contributed by atoms with Crippen LogP contribution < -0.4 is 5.32 Å². The van der Waals surface area contributed by atoms with Crippen LogP contribution in [-0.2, 0) is 9.53 Å². The van der Waals surface area contributed by atoms with Gasteiger partial charge in [-0.25, -0.2) is 4.79 Å². The summed E-state index contributed by atoms with van der Waals surface area (Å²) < 4.78 is 5.26. The molecule has 3 aromatic rings. The number of carbonyl (C=O) groups is 2. The Morgan fingerprint density at radius 2 is 1.57 bits per heavy atom. The number of anilines is 1. The molecule has 1 amide bonds. The van der Waals surface area contributed by atoms with Gasteiger partial charge in [-0.2, -0.15) is 0 Å². The Hall–Kier alpha value is -2.82. The summed E-state index contributed by atoms with van der Waals surface area (Å²) >= 11 is 12.0. The molecule has 142 valence electrons. The van der Waals surface area contributed by atoms with E-state index in [4.69, 9.17) is 27.9 Å². The van der Waals surface area contributed by atoms with E-state index in [0.717, 1.165) is 11.1 Å². The van der Waals surface area contributed by atoms with Gasteiger partial charge in [0, 0.05) is 11.3 Å². The number of hydrogen-bond donors (Lipinski definition) is 1. The summed E-state index contributed by atoms with van der Waals surface area (Å²) in [6.07, 6.45) is -1.02. The number of benzene rings is 3. The quantitative estimate of drug-likeness (QED) is 0.534. The van der Waals surface area contributed by atoms with E-state index in [9.17, 15) is 9.59 Å². The third-order valence-corrected chi connectivity index (χ3v) is 4.91. The molecule has 0 heterocycles. The van der Waals surface area contributed by atoms with Crippen LogP contribution in [-0.4, -0.2) is 18.0 Å². The maximum Gasteiger partial charge on any atom is 0.340 e. The summed E-state index contributed by atoms with van der Waals surface area (Å²) in [6.45, 7) is 1.50. The standard InChI is InChI=1S/C22H17Cl2NO3/c1-14(28-22(27)17-11-7-12-18(23)20(17)24)21(26)25-19-13-6-5-10-16(19)15-8-3-2-4-9-15/h2-14H,1H3,(H,25,26)/t14-/m1/s1. The van der Waals surface area contributed by atoms with Gasteiger partial charge in [-0.05, 0) is 30.7 Å². The molecule has 6 heteroatoms. The molecule has 1 atom stereocenters. The average Bonchev–Trinajstić information content (AvgIpc) is 2.71. The molecule has 0 aliphatic rings. The van der Waals surface area contributed by atoms with Crippen molar-refractivity contribution in [3.8, 4) is 11.1 Å². The highest BCUT2D eigenvalue weighted by Crippen LogP contribution is 2.28. The Balaban J connectivity index is 1.73. The number of halogens is 2. The Morgan fingerprint density at radius 3 is 2.32 bits per heavy atom. The van der Waals surface area contributed by atoms with Crippen molar-refractivity contribution in [3.63, 3.8) is 0 Å². The molecule has 0 aliphatic heterocycles. The van der Waals surface area contributed by atoms with Crippen LogP contribution in [0.4, 0.5) is 5.69 Å². The fraction of sp³-hybridized carbons (Fsp3) is 0.0909. The van der Waals surface area contributed by atoms with Crippen molar-refractivity contribution >= 4 is 40.8 Å². The predicted octanol–water partition coefficient (Wildman–Crippen LogP) is 5.84. The van der Waals surface area contributed by atoms with Crippen LogP contribution in [0.3, 0.4) is 0 Å². The van der Waals surface area contributed by atoms with Crippen LogP contribution in [0.2, 0.25) is 10.0 Å². The van der Waals surface area contributed by atoms with E-state index < -0.39 is 18.0 Å². The number of nitrogens with one attached hydrogen (secondary N) is 1. The third kappa shape index (κ3) is 4.53. The first-order valence-electron chi connectivity index (χ1n) is 8.57. The van der Waals surface area contributed by atoms with Gasteiger partial charge in [-0.3, -0.25) is 4.79 Å². The molecule has 4 nitrogen and oxygen atoms in total. The number of rotatable bonds is 5. The van der Waals surface area contributed by atoms with Gasteiger partial charge in [-0.15, -0.1) is 0 Å². The summed E-state index contributed by atoms with van der Waals surface area (Å²) in [7, 11) is 0. The molecule has 0 spiro atoms. The molecule has 28 heavy (non-hydrogen) atoms. The maximum atomic E-state index is 12.6. The fourth-order valence-corrected chi connectivity index (χ4v) is 3.01. The lowest BCUT2D eigenvalue weighted by Gasteiger charge is -2.16. The minimum atomic E-state index is -1.02. The first kappa shape index (κ1) is 19.9. The Kier molecular flexibility index (Phi) is 6.34. The van der Waals surface area contributed by atoms with Gasteiger partial charge in [0.1, 0.15) is 0 Å². The molecule has 0 saturated carbocycles. The van der Waals surface area contributed by atoms with Crippen LogP contribution in [0, 0.1) is 0 Å². The lowest BCUT2D eigenvalue weighted by atomic mass is 10.0. The monoisotopic (exact) mass is 413 g/mol. The first-order valence-corrected chi connectivity index (χ1v) is 9.33. The second-order valence-corrected chi connectivity index (χ2v) is 6.83. The second-order valence-electron chi connectivity index (χ2n) is 6.05. The number of esters is 1. The minimum Gasteiger partial charge on any atom is -0.449 e. The normalized spacial score (nSPS) is 11.5. The largest absolute Gasteiger partial charge is 0.449 e. The molecule has 1 N–H and O–H groups in total. The lowest BCUT2D eigenvalue weighted by Crippen LogP contribution is -2.30. The molecule has 0 bridgehead atoms. The highest BCUT2D eigenvalue weighted by atomic mass is 35.5. The van der Waals surface area contributed by atoms with Crippen LogP contribution in [0.25, 0.3) is 11.1 Å². The fourth-order valence-electron chi connectivity index (χ4n) is 2.63. The van der Waals surface area contributed by atoms with Gasteiger partial charge in [0.25, 0.3) is 5.91 Å². The SMILES string of the molecule is C[C@@H](OC(=O)c1cccc(Cl)c1Cl)C(=O)Nc1ccccc1-c1ccccc1. The summed E-state index contributed by atoms with van der Waals surface area (Å²) in [5.74, 6) is -1.17. The number of para-hydroxylation sites is 1. The van der Waals surface area contributed by atoms with Crippen molar-refractivity contribution in [1.29, 1.82) is 0 Å². The van der Waals surface area contributed by atoms with E-state index in [1.165, 1.54) is 13.0 Å². The van der Waals surface area contributed by atoms with Crippen molar-refractivity contribution in [1.82, 2.24) is 0 Å². The van der Waals surface area contributed by atoms with Crippen molar-refractivity contribution in [3.05, 3.63) is 88.4 Å².